The van der Waals surface area contributed by atoms with Gasteiger partial charge >= 0.3 is 5.97 Å². The number of nitrogens with one attached hydrogen (secondary N) is 1. The highest BCUT2D eigenvalue weighted by Gasteiger charge is 2.33. The lowest BCUT2D eigenvalue weighted by Crippen LogP contribution is -2.47. The van der Waals surface area contributed by atoms with E-state index >= 15 is 0 Å². The summed E-state index contributed by atoms with van der Waals surface area (Å²) in [6.45, 7) is 5.95. The highest BCUT2D eigenvalue weighted by Crippen LogP contribution is 2.21. The van der Waals surface area contributed by atoms with Gasteiger partial charge in [-0.2, -0.15) is 0 Å². The number of carbonyl (C=O) groups is 3. The van der Waals surface area contributed by atoms with E-state index in [0.717, 1.165) is 12.8 Å². The number of carboxylic acids is 1. The van der Waals surface area contributed by atoms with Gasteiger partial charge in [-0.15, -0.1) is 0 Å². The number of carboxylic acid groups (broad SMARTS) is 1. The Balaban J connectivity index is 2.11. The Hall–Kier alpha value is -2.38. The molecule has 0 spiro atoms. The lowest BCUT2D eigenvalue weighted by atomic mass is 9.96. The van der Waals surface area contributed by atoms with Crippen molar-refractivity contribution in [2.45, 2.75) is 26.7 Å². The smallest absolute Gasteiger partial charge is 0.354 e. The predicted molar refractivity (Wildman–Crippen MR) is 82.1 cm³/mol. The summed E-state index contributed by atoms with van der Waals surface area (Å²) < 4.78 is 0. The predicted octanol–water partition coefficient (Wildman–Crippen LogP) is 0.828. The van der Waals surface area contributed by atoms with Crippen LogP contribution in [0.1, 0.15) is 47.7 Å². The number of aromatic amines is 1. The summed E-state index contributed by atoms with van der Waals surface area (Å²) in [5.41, 5.74) is -0.319. The Kier molecular flexibility index (Phi) is 5.36. The van der Waals surface area contributed by atoms with Crippen LogP contribution >= 0.6 is 0 Å². The fraction of sp³-hybridized carbons (Fsp3) is 0.600. The van der Waals surface area contributed by atoms with E-state index in [1.54, 1.807) is 4.90 Å². The molecule has 2 rings (SSSR count). The first-order chi connectivity index (χ1) is 11.0. The molecule has 126 valence electrons. The van der Waals surface area contributed by atoms with E-state index in [1.165, 1.54) is 11.2 Å². The van der Waals surface area contributed by atoms with Crippen molar-refractivity contribution >= 4 is 17.8 Å². The second-order valence-electron chi connectivity index (χ2n) is 5.53. The summed E-state index contributed by atoms with van der Waals surface area (Å²) in [6, 6.07) is 0. The van der Waals surface area contributed by atoms with Crippen molar-refractivity contribution in [1.82, 2.24) is 19.8 Å². The molecule has 2 N–H and O–H groups in total. The highest BCUT2D eigenvalue weighted by molar-refractivity contribution is 6.02. The van der Waals surface area contributed by atoms with Crippen molar-refractivity contribution in [3.8, 4) is 0 Å². The lowest BCUT2D eigenvalue weighted by Gasteiger charge is -2.34. The van der Waals surface area contributed by atoms with Crippen molar-refractivity contribution in [1.29, 1.82) is 0 Å². The van der Waals surface area contributed by atoms with Crippen LogP contribution in [-0.2, 0) is 4.79 Å². The molecule has 0 radical (unpaired) electrons. The average Bonchev–Trinajstić information content (AvgIpc) is 3.05. The summed E-state index contributed by atoms with van der Waals surface area (Å²) in [5, 5.41) is 9.08. The first kappa shape index (κ1) is 17.0. The second-order valence-corrected chi connectivity index (χ2v) is 5.53. The van der Waals surface area contributed by atoms with E-state index in [2.05, 4.69) is 9.97 Å². The summed E-state index contributed by atoms with van der Waals surface area (Å²) >= 11 is 0. The minimum Gasteiger partial charge on any atom is -0.477 e. The van der Waals surface area contributed by atoms with Crippen molar-refractivity contribution in [3.05, 3.63) is 17.7 Å². The number of aromatic nitrogens is 2. The molecule has 0 bridgehead atoms. The van der Waals surface area contributed by atoms with E-state index in [-0.39, 0.29) is 23.2 Å². The maximum Gasteiger partial charge on any atom is 0.354 e. The normalized spacial score (nSPS) is 17.8. The third kappa shape index (κ3) is 3.52. The van der Waals surface area contributed by atoms with Gasteiger partial charge in [-0.1, -0.05) is 0 Å². The number of piperidine rings is 1. The molecule has 0 unspecified atom stereocenters. The van der Waals surface area contributed by atoms with Gasteiger partial charge in [0, 0.05) is 26.2 Å². The topological polar surface area (TPSA) is 107 Å². The first-order valence-corrected chi connectivity index (χ1v) is 7.84. The van der Waals surface area contributed by atoms with E-state index < -0.39 is 11.9 Å². The number of carbonyl (C=O) groups excluding carboxylic acids is 2. The zero-order chi connectivity index (χ0) is 17.0. The minimum atomic E-state index is -1.22. The Labute approximate surface area is 134 Å². The fourth-order valence-electron chi connectivity index (χ4n) is 2.93. The number of aromatic carboxylic acids is 1. The Morgan fingerprint density at radius 1 is 1.39 bits per heavy atom. The van der Waals surface area contributed by atoms with Gasteiger partial charge in [0.2, 0.25) is 5.91 Å². The van der Waals surface area contributed by atoms with Gasteiger partial charge in [0.05, 0.1) is 12.2 Å². The number of H-pyrrole nitrogens is 1. The summed E-state index contributed by atoms with van der Waals surface area (Å²) in [5.74, 6) is -1.85. The first-order valence-electron chi connectivity index (χ1n) is 7.84. The molecule has 2 amide bonds. The Morgan fingerprint density at radius 2 is 2.09 bits per heavy atom. The zero-order valence-electron chi connectivity index (χ0n) is 13.4. The van der Waals surface area contributed by atoms with Crippen LogP contribution in [0, 0.1) is 5.92 Å². The maximum absolute atomic E-state index is 12.5. The molecule has 0 aliphatic carbocycles. The number of hydrogen-bond acceptors (Lipinski definition) is 4. The maximum atomic E-state index is 12.5. The number of nitrogens with zero attached hydrogens (tertiary/aromatic N) is 3. The van der Waals surface area contributed by atoms with Gasteiger partial charge in [0.25, 0.3) is 5.91 Å². The Morgan fingerprint density at radius 3 is 2.70 bits per heavy atom. The molecule has 1 fully saturated rings. The fourth-order valence-corrected chi connectivity index (χ4v) is 2.93. The van der Waals surface area contributed by atoms with Crippen LogP contribution in [0.5, 0.6) is 0 Å². The van der Waals surface area contributed by atoms with Crippen LogP contribution in [0.2, 0.25) is 0 Å². The van der Waals surface area contributed by atoms with Crippen LogP contribution in [0.25, 0.3) is 0 Å². The molecule has 1 aromatic heterocycles. The van der Waals surface area contributed by atoms with Gasteiger partial charge in [0.1, 0.15) is 0 Å². The van der Waals surface area contributed by atoms with Gasteiger partial charge in [-0.3, -0.25) is 9.59 Å². The van der Waals surface area contributed by atoms with Crippen LogP contribution in [-0.4, -0.2) is 68.8 Å². The number of imidazole rings is 1. The third-order valence-electron chi connectivity index (χ3n) is 4.19. The summed E-state index contributed by atoms with van der Waals surface area (Å²) in [4.78, 5) is 45.7. The number of hydrogen-bond donors (Lipinski definition) is 2. The molecule has 1 saturated heterocycles. The van der Waals surface area contributed by atoms with Crippen molar-refractivity contribution in [2.24, 2.45) is 5.92 Å². The molecular formula is C15H22N4O4. The molecule has 1 aliphatic rings. The largest absolute Gasteiger partial charge is 0.477 e. The van der Waals surface area contributed by atoms with Crippen LogP contribution in [0.4, 0.5) is 0 Å². The molecule has 8 nitrogen and oxygen atoms in total. The molecule has 0 aromatic carbocycles. The quantitative estimate of drug-likeness (QED) is 0.835. The molecule has 1 aromatic rings. The standard InChI is InChI=1S/C15H22N4O4/c1-3-18(4-2)13(20)10-6-5-7-19(8-10)14(21)11-12(15(22)23)17-9-16-11/h9-10H,3-8H2,1-2H3,(H,16,17)(H,22,23)/t10-/m1/s1. The number of amides is 2. The number of rotatable bonds is 5. The molecule has 8 heteroatoms. The van der Waals surface area contributed by atoms with E-state index in [9.17, 15) is 14.4 Å². The summed E-state index contributed by atoms with van der Waals surface area (Å²) in [7, 11) is 0. The molecule has 23 heavy (non-hydrogen) atoms. The molecule has 0 saturated carbocycles. The van der Waals surface area contributed by atoms with E-state index in [1.807, 2.05) is 13.8 Å². The van der Waals surface area contributed by atoms with Crippen LogP contribution in [0.3, 0.4) is 0 Å². The van der Waals surface area contributed by atoms with Crippen LogP contribution < -0.4 is 0 Å². The molecule has 1 atom stereocenters. The van der Waals surface area contributed by atoms with E-state index in [0.29, 0.717) is 26.2 Å². The van der Waals surface area contributed by atoms with Gasteiger partial charge in [-0.25, -0.2) is 9.78 Å². The van der Waals surface area contributed by atoms with Crippen molar-refractivity contribution in [2.75, 3.05) is 26.2 Å². The lowest BCUT2D eigenvalue weighted by molar-refractivity contribution is -0.136. The third-order valence-corrected chi connectivity index (χ3v) is 4.19. The van der Waals surface area contributed by atoms with E-state index in [4.69, 9.17) is 5.11 Å². The Bertz CT molecular complexity index is 594. The highest BCUT2D eigenvalue weighted by atomic mass is 16.4. The number of likely N-dealkylation sites (tertiary alicyclic amines) is 1. The van der Waals surface area contributed by atoms with Crippen molar-refractivity contribution < 1.29 is 19.5 Å². The van der Waals surface area contributed by atoms with Gasteiger partial charge in [0.15, 0.2) is 11.4 Å². The molecule has 1 aliphatic heterocycles. The monoisotopic (exact) mass is 322 g/mol. The van der Waals surface area contributed by atoms with Gasteiger partial charge in [-0.05, 0) is 26.7 Å². The molecular weight excluding hydrogens is 300 g/mol. The molecule has 2 heterocycles. The minimum absolute atomic E-state index is 0.0491. The van der Waals surface area contributed by atoms with Crippen molar-refractivity contribution in [3.63, 3.8) is 0 Å². The summed E-state index contributed by atoms with van der Waals surface area (Å²) in [6.07, 6.45) is 2.65. The van der Waals surface area contributed by atoms with Crippen LogP contribution in [0.15, 0.2) is 6.33 Å². The second kappa shape index (κ2) is 7.26. The average molecular weight is 322 g/mol. The van der Waals surface area contributed by atoms with Gasteiger partial charge < -0.3 is 19.9 Å². The zero-order valence-corrected chi connectivity index (χ0v) is 13.4. The SMILES string of the molecule is CCN(CC)C(=O)[C@@H]1CCCN(C(=O)c2nc[nH]c2C(=O)O)C1.